The number of nitrogen functional groups attached to an aromatic ring is 1. The van der Waals surface area contributed by atoms with E-state index in [1.807, 2.05) is 0 Å². The number of hydrogen-bond donors (Lipinski definition) is 1. The van der Waals surface area contributed by atoms with Gasteiger partial charge in [0.05, 0.1) is 29.5 Å². The molecule has 0 unspecified atom stereocenters. The summed E-state index contributed by atoms with van der Waals surface area (Å²) < 4.78 is 29.9. The van der Waals surface area contributed by atoms with Crippen molar-refractivity contribution < 1.29 is 18.4 Å². The molecular weight excluding hydrogens is 170 g/mol. The largest absolute Gasteiger partial charge is 0.495 e. The zero-order chi connectivity index (χ0) is 12.3. The maximum atomic E-state index is 11.2. The summed E-state index contributed by atoms with van der Waals surface area (Å²) in [7, 11) is -1.38. The first-order valence-electron chi connectivity index (χ1n) is 5.00. The van der Waals surface area contributed by atoms with E-state index in [1.54, 1.807) is 0 Å². The zero-order valence-corrected chi connectivity index (χ0v) is 7.03. The highest BCUT2D eigenvalue weighted by Gasteiger charge is 2.07. The van der Waals surface area contributed by atoms with Gasteiger partial charge in [-0.05, 0) is 18.2 Å². The summed E-state index contributed by atoms with van der Waals surface area (Å²) >= 11 is 0. The van der Waals surface area contributed by atoms with E-state index in [1.165, 1.54) is 25.3 Å². The summed E-state index contributed by atoms with van der Waals surface area (Å²) in [6, 6.07) is 4.04. The number of nitrogens with two attached hydrogens (primary N) is 1. The molecule has 0 aliphatic heterocycles. The number of methoxy groups -OCH3 is 2. The lowest BCUT2D eigenvalue weighted by Gasteiger charge is -2.05. The fraction of sp³-hybridized carbons (Fsp3) is 0.222. The summed E-state index contributed by atoms with van der Waals surface area (Å²) in [4.78, 5) is 11.2. The highest BCUT2D eigenvalue weighted by Crippen LogP contribution is 2.22. The number of rotatable bonds is 2. The van der Waals surface area contributed by atoms with Crippen LogP contribution in [0.3, 0.4) is 0 Å². The molecule has 1 aromatic rings. The van der Waals surface area contributed by atoms with E-state index in [0.717, 1.165) is 0 Å². The summed E-state index contributed by atoms with van der Waals surface area (Å²) in [6.45, 7) is 0. The normalized spacial score (nSPS) is 13.8. The Labute approximate surface area is 80.5 Å². The Morgan fingerprint density at radius 2 is 2.38 bits per heavy atom. The zero-order valence-electron chi connectivity index (χ0n) is 10.0. The van der Waals surface area contributed by atoms with Crippen LogP contribution in [0.15, 0.2) is 18.2 Å². The van der Waals surface area contributed by atoms with E-state index in [9.17, 15) is 4.79 Å². The molecule has 13 heavy (non-hydrogen) atoms. The number of carbonyl (C=O) groups is 1. The van der Waals surface area contributed by atoms with Crippen LogP contribution in [0.2, 0.25) is 0 Å². The fourth-order valence-corrected chi connectivity index (χ4v) is 0.868. The maximum absolute atomic E-state index is 11.2. The van der Waals surface area contributed by atoms with Crippen LogP contribution < -0.4 is 10.5 Å². The van der Waals surface area contributed by atoms with Crippen LogP contribution in [0.4, 0.5) is 5.69 Å². The lowest BCUT2D eigenvalue weighted by molar-refractivity contribution is 0.0600. The molecule has 0 amide bonds. The lowest BCUT2D eigenvalue weighted by Crippen LogP contribution is -2.02. The van der Waals surface area contributed by atoms with E-state index in [2.05, 4.69) is 9.47 Å². The van der Waals surface area contributed by atoms with E-state index >= 15 is 0 Å². The molecule has 0 atom stereocenters. The Bertz CT molecular complexity index is 403. The van der Waals surface area contributed by atoms with Crippen molar-refractivity contribution in [3.05, 3.63) is 23.8 Å². The first-order chi connectivity index (χ1) is 7.33. The molecule has 2 N–H and O–H groups in total. The number of esters is 1. The number of anilines is 1. The fourth-order valence-electron chi connectivity index (χ4n) is 0.868. The van der Waals surface area contributed by atoms with E-state index < -0.39 is 13.0 Å². The van der Waals surface area contributed by atoms with Crippen LogP contribution in [-0.2, 0) is 4.74 Å². The molecule has 0 fully saturated rings. The van der Waals surface area contributed by atoms with Crippen LogP contribution in [0.25, 0.3) is 0 Å². The monoisotopic (exact) mass is 184 g/mol. The Kier molecular flexibility index (Phi) is 1.71. The molecule has 1 aromatic carbocycles. The summed E-state index contributed by atoms with van der Waals surface area (Å²) in [5.41, 5.74) is 5.83. The van der Waals surface area contributed by atoms with Gasteiger partial charge in [-0.3, -0.25) is 0 Å². The molecule has 70 valence electrons. The van der Waals surface area contributed by atoms with Crippen LogP contribution in [0.5, 0.6) is 5.75 Å². The van der Waals surface area contributed by atoms with Gasteiger partial charge in [-0.2, -0.15) is 0 Å². The summed E-state index contributed by atoms with van der Waals surface area (Å²) in [5, 5.41) is 0. The number of hydrogen-bond acceptors (Lipinski definition) is 4. The van der Waals surface area contributed by atoms with Crippen molar-refractivity contribution >= 4 is 11.7 Å². The second-order valence-corrected chi connectivity index (χ2v) is 2.35. The van der Waals surface area contributed by atoms with E-state index in [0.29, 0.717) is 0 Å². The summed E-state index contributed by atoms with van der Waals surface area (Å²) in [5.74, 6) is -0.654. The molecule has 0 radical (unpaired) electrons. The third-order valence-electron chi connectivity index (χ3n) is 1.54. The first-order valence-corrected chi connectivity index (χ1v) is 3.50. The van der Waals surface area contributed by atoms with Gasteiger partial charge in [0.15, 0.2) is 0 Å². The third-order valence-corrected chi connectivity index (χ3v) is 1.54. The Balaban J connectivity index is 3.04. The predicted molar refractivity (Wildman–Crippen MR) is 48.7 cm³/mol. The topological polar surface area (TPSA) is 61.5 Å². The van der Waals surface area contributed by atoms with Gasteiger partial charge in [-0.1, -0.05) is 0 Å². The van der Waals surface area contributed by atoms with Crippen molar-refractivity contribution in [2.45, 2.75) is 0 Å². The van der Waals surface area contributed by atoms with Crippen molar-refractivity contribution in [3.63, 3.8) is 0 Å². The second-order valence-electron chi connectivity index (χ2n) is 2.35. The van der Waals surface area contributed by atoms with Crippen LogP contribution >= 0.6 is 0 Å². The van der Waals surface area contributed by atoms with Crippen LogP contribution in [0, 0.1) is 0 Å². The molecule has 0 aliphatic carbocycles. The first kappa shape index (κ1) is 5.85. The summed E-state index contributed by atoms with van der Waals surface area (Å²) in [6.07, 6.45) is 0. The van der Waals surface area contributed by atoms with Gasteiger partial charge in [-0.15, -0.1) is 0 Å². The van der Waals surface area contributed by atoms with Gasteiger partial charge in [0, 0.05) is 0 Å². The number of carbonyl (C=O) groups excluding carboxylic acids is 1. The van der Waals surface area contributed by atoms with Gasteiger partial charge in [0.25, 0.3) is 0 Å². The van der Waals surface area contributed by atoms with Crippen LogP contribution in [-0.4, -0.2) is 20.1 Å². The number of benzene rings is 1. The molecule has 0 aliphatic rings. The molecule has 0 saturated carbocycles. The highest BCUT2D eigenvalue weighted by atomic mass is 16.5. The average Bonchev–Trinajstić information content (AvgIpc) is 2.18. The second kappa shape index (κ2) is 3.80. The van der Waals surface area contributed by atoms with E-state index in [4.69, 9.17) is 9.85 Å². The Morgan fingerprint density at radius 1 is 1.62 bits per heavy atom. The molecule has 0 aromatic heterocycles. The van der Waals surface area contributed by atoms with Gasteiger partial charge in [0.1, 0.15) is 5.75 Å². The molecule has 0 spiro atoms. The standard InChI is InChI=1S/C9H11NO3/c1-12-8-5-6(9(11)13-2)3-4-7(8)10/h3-5H,10H2,1-2H3/i1D3. The Morgan fingerprint density at radius 3 is 3.00 bits per heavy atom. The average molecular weight is 184 g/mol. The number of ether oxygens (including phenoxy) is 2. The van der Waals surface area contributed by atoms with Crippen molar-refractivity contribution in [3.8, 4) is 5.75 Å². The minimum Gasteiger partial charge on any atom is -0.495 e. The van der Waals surface area contributed by atoms with Crippen molar-refractivity contribution in [2.24, 2.45) is 0 Å². The third kappa shape index (κ3) is 1.90. The van der Waals surface area contributed by atoms with Gasteiger partial charge < -0.3 is 15.2 Å². The maximum Gasteiger partial charge on any atom is 0.337 e. The minimum atomic E-state index is -2.61. The van der Waals surface area contributed by atoms with Gasteiger partial charge in [-0.25, -0.2) is 4.79 Å². The van der Waals surface area contributed by atoms with Gasteiger partial charge >= 0.3 is 5.97 Å². The Hall–Kier alpha value is -1.71. The SMILES string of the molecule is [2H]C([2H])([2H])Oc1cc(C(=O)OC)ccc1N. The molecule has 1 rings (SSSR count). The molecule has 0 saturated heterocycles. The van der Waals surface area contributed by atoms with Crippen LogP contribution in [0.1, 0.15) is 14.5 Å². The molecule has 4 heteroatoms. The smallest absolute Gasteiger partial charge is 0.337 e. The van der Waals surface area contributed by atoms with Crippen molar-refractivity contribution in [2.75, 3.05) is 19.9 Å². The predicted octanol–water partition coefficient (Wildman–Crippen LogP) is 1.06. The molecule has 0 bridgehead atoms. The molecule has 4 nitrogen and oxygen atoms in total. The van der Waals surface area contributed by atoms with Crippen molar-refractivity contribution in [1.29, 1.82) is 0 Å². The minimum absolute atomic E-state index is 0.0668. The van der Waals surface area contributed by atoms with Gasteiger partial charge in [0.2, 0.25) is 0 Å². The lowest BCUT2D eigenvalue weighted by atomic mass is 10.2. The highest BCUT2D eigenvalue weighted by molar-refractivity contribution is 5.90. The van der Waals surface area contributed by atoms with E-state index in [-0.39, 0.29) is 17.0 Å². The quantitative estimate of drug-likeness (QED) is 0.551. The van der Waals surface area contributed by atoms with Crippen molar-refractivity contribution in [1.82, 2.24) is 0 Å². The molecule has 0 heterocycles. The molecular formula is C9H11NO3.